The van der Waals surface area contributed by atoms with Gasteiger partial charge in [-0.15, -0.1) is 0 Å². The summed E-state index contributed by atoms with van der Waals surface area (Å²) >= 11 is 12.2. The number of likely N-dealkylation sites (tertiary alicyclic amines) is 1. The minimum Gasteiger partial charge on any atom is -0.481 e. The third-order valence-corrected chi connectivity index (χ3v) is 5.71. The number of ether oxygens (including phenoxy) is 1. The number of nitrogens with zero attached hydrogens (tertiary/aromatic N) is 1. The maximum Gasteiger partial charge on any atom is 0.310 e. The molecular weight excluding hydrogens is 341 g/mol. The number of halogens is 2. The average molecular weight is 354 g/mol. The van der Waals surface area contributed by atoms with Crippen LogP contribution in [-0.2, 0) is 20.9 Å². The van der Waals surface area contributed by atoms with Crippen molar-refractivity contribution in [2.24, 2.45) is 11.8 Å². The van der Waals surface area contributed by atoms with Gasteiger partial charge in [0.05, 0.1) is 28.6 Å². The summed E-state index contributed by atoms with van der Waals surface area (Å²) < 4.78 is 5.84. The molecule has 23 heavy (non-hydrogen) atoms. The Morgan fingerprint density at radius 2 is 2.22 bits per heavy atom. The molecule has 120 valence electrons. The van der Waals surface area contributed by atoms with Crippen molar-refractivity contribution in [2.45, 2.75) is 18.2 Å². The molecule has 5 nitrogen and oxygen atoms in total. The highest BCUT2D eigenvalue weighted by molar-refractivity contribution is 6.42. The van der Waals surface area contributed by atoms with Crippen LogP contribution >= 0.6 is 23.2 Å². The molecule has 2 saturated heterocycles. The third-order valence-electron chi connectivity index (χ3n) is 4.86. The number of aliphatic carboxylic acids is 1. The quantitative estimate of drug-likeness (QED) is 0.847. The van der Waals surface area contributed by atoms with Gasteiger partial charge < -0.3 is 14.7 Å². The molecule has 0 unspecified atom stereocenters. The number of rotatable bonds is 3. The molecular formula is C16H13Cl2NO4. The number of hydrogen-bond donors (Lipinski definition) is 1. The van der Waals surface area contributed by atoms with Crippen molar-refractivity contribution in [3.63, 3.8) is 0 Å². The number of carbonyl (C=O) groups excluding carboxylic acids is 1. The first kappa shape index (κ1) is 15.0. The lowest BCUT2D eigenvalue weighted by molar-refractivity contribution is -0.148. The topological polar surface area (TPSA) is 66.8 Å². The summed E-state index contributed by atoms with van der Waals surface area (Å²) in [5, 5.41) is 10.3. The van der Waals surface area contributed by atoms with E-state index in [-0.39, 0.29) is 12.5 Å². The second-order valence-corrected chi connectivity index (χ2v) is 6.93. The highest BCUT2D eigenvalue weighted by Gasteiger charge is 2.67. The molecule has 0 aromatic heterocycles. The van der Waals surface area contributed by atoms with Gasteiger partial charge in [0, 0.05) is 6.54 Å². The number of carbonyl (C=O) groups is 2. The molecule has 1 N–H and O–H groups in total. The summed E-state index contributed by atoms with van der Waals surface area (Å²) in [5.74, 6) is -2.71. The summed E-state index contributed by atoms with van der Waals surface area (Å²) in [6.07, 6.45) is 3.07. The lowest BCUT2D eigenvalue weighted by Gasteiger charge is -2.21. The van der Waals surface area contributed by atoms with E-state index in [4.69, 9.17) is 27.9 Å². The molecule has 4 rings (SSSR count). The molecule has 0 saturated carbocycles. The van der Waals surface area contributed by atoms with E-state index >= 15 is 0 Å². The molecule has 1 amide bonds. The predicted molar refractivity (Wildman–Crippen MR) is 83.2 cm³/mol. The largest absolute Gasteiger partial charge is 0.481 e. The van der Waals surface area contributed by atoms with Crippen LogP contribution in [-0.4, -0.2) is 40.1 Å². The van der Waals surface area contributed by atoms with Gasteiger partial charge >= 0.3 is 5.97 Å². The number of hydrogen-bond acceptors (Lipinski definition) is 3. The van der Waals surface area contributed by atoms with E-state index < -0.39 is 29.5 Å². The van der Waals surface area contributed by atoms with Crippen molar-refractivity contribution in [1.82, 2.24) is 4.90 Å². The number of benzene rings is 1. The second-order valence-electron chi connectivity index (χ2n) is 6.15. The zero-order valence-corrected chi connectivity index (χ0v) is 13.4. The second kappa shape index (κ2) is 4.97. The molecule has 1 spiro atoms. The molecule has 1 aromatic carbocycles. The molecule has 3 aliphatic heterocycles. The monoisotopic (exact) mass is 353 g/mol. The Hall–Kier alpha value is -1.56. The van der Waals surface area contributed by atoms with Crippen LogP contribution in [0, 0.1) is 11.8 Å². The molecule has 4 atom stereocenters. The Labute approximate surface area is 142 Å². The summed E-state index contributed by atoms with van der Waals surface area (Å²) in [6.45, 7) is 0.612. The summed E-state index contributed by atoms with van der Waals surface area (Å²) in [7, 11) is 0. The first-order chi connectivity index (χ1) is 10.9. The van der Waals surface area contributed by atoms with Crippen molar-refractivity contribution in [2.75, 3.05) is 6.54 Å². The lowest BCUT2D eigenvalue weighted by atomic mass is 9.77. The Balaban J connectivity index is 1.64. The number of carboxylic acid groups (broad SMARTS) is 1. The minimum atomic E-state index is -0.998. The molecule has 3 aliphatic rings. The van der Waals surface area contributed by atoms with Crippen molar-refractivity contribution in [3.8, 4) is 0 Å². The van der Waals surface area contributed by atoms with E-state index in [2.05, 4.69) is 0 Å². The highest BCUT2D eigenvalue weighted by atomic mass is 35.5. The molecule has 0 radical (unpaired) electrons. The Morgan fingerprint density at radius 3 is 2.96 bits per heavy atom. The van der Waals surface area contributed by atoms with Gasteiger partial charge in [-0.05, 0) is 11.6 Å². The fourth-order valence-electron chi connectivity index (χ4n) is 3.87. The molecule has 0 aliphatic carbocycles. The van der Waals surface area contributed by atoms with Crippen molar-refractivity contribution >= 4 is 35.1 Å². The first-order valence-electron chi connectivity index (χ1n) is 7.24. The van der Waals surface area contributed by atoms with Crippen LogP contribution in [0.25, 0.3) is 0 Å². The van der Waals surface area contributed by atoms with Gasteiger partial charge in [-0.3, -0.25) is 9.59 Å². The van der Waals surface area contributed by atoms with Crippen LogP contribution in [0.1, 0.15) is 5.56 Å². The molecule has 1 aromatic rings. The van der Waals surface area contributed by atoms with E-state index in [0.717, 1.165) is 5.56 Å². The summed E-state index contributed by atoms with van der Waals surface area (Å²) in [6, 6.07) is 5.25. The Morgan fingerprint density at radius 1 is 1.43 bits per heavy atom. The van der Waals surface area contributed by atoms with E-state index in [9.17, 15) is 14.7 Å². The van der Waals surface area contributed by atoms with Gasteiger partial charge in [-0.1, -0.05) is 47.5 Å². The van der Waals surface area contributed by atoms with Crippen molar-refractivity contribution < 1.29 is 19.4 Å². The Bertz CT molecular complexity index is 750. The van der Waals surface area contributed by atoms with Crippen molar-refractivity contribution in [3.05, 3.63) is 46.0 Å². The van der Waals surface area contributed by atoms with Crippen LogP contribution in [0.4, 0.5) is 0 Å². The van der Waals surface area contributed by atoms with Gasteiger partial charge in [0.1, 0.15) is 11.5 Å². The van der Waals surface area contributed by atoms with Crippen LogP contribution in [0.3, 0.4) is 0 Å². The predicted octanol–water partition coefficient (Wildman–Crippen LogP) is 2.36. The summed E-state index contributed by atoms with van der Waals surface area (Å²) in [5.41, 5.74) is -0.0927. The van der Waals surface area contributed by atoms with Gasteiger partial charge in [-0.25, -0.2) is 0 Å². The van der Waals surface area contributed by atoms with Gasteiger partial charge in [0.2, 0.25) is 5.91 Å². The van der Waals surface area contributed by atoms with Crippen LogP contribution < -0.4 is 0 Å². The normalized spacial score (nSPS) is 34.3. The van der Waals surface area contributed by atoms with Gasteiger partial charge in [0.25, 0.3) is 0 Å². The fourth-order valence-corrected chi connectivity index (χ4v) is 4.25. The molecule has 3 heterocycles. The number of carboxylic acids is 1. The third kappa shape index (κ3) is 2.04. The smallest absolute Gasteiger partial charge is 0.310 e. The molecule has 7 heteroatoms. The van der Waals surface area contributed by atoms with Crippen LogP contribution in [0.15, 0.2) is 30.4 Å². The number of fused-ring (bicyclic) bond motifs is 1. The SMILES string of the molecule is O=C(O)[C@H]1[C@@H]2C=C[C@]3(CN(Cc4cccc(Cl)c4Cl)C(=O)[C@@H]13)O2. The summed E-state index contributed by atoms with van der Waals surface area (Å²) in [4.78, 5) is 25.9. The average Bonchev–Trinajstić information content (AvgIpc) is 3.13. The zero-order valence-electron chi connectivity index (χ0n) is 11.9. The van der Waals surface area contributed by atoms with E-state index in [1.807, 2.05) is 6.08 Å². The van der Waals surface area contributed by atoms with Crippen LogP contribution in [0.2, 0.25) is 10.0 Å². The maximum absolute atomic E-state index is 12.8. The molecule has 2 fully saturated rings. The van der Waals surface area contributed by atoms with Gasteiger partial charge in [-0.2, -0.15) is 0 Å². The van der Waals surface area contributed by atoms with E-state index in [0.29, 0.717) is 16.6 Å². The minimum absolute atomic E-state index is 0.208. The maximum atomic E-state index is 12.8. The van der Waals surface area contributed by atoms with Gasteiger partial charge in [0.15, 0.2) is 0 Å². The van der Waals surface area contributed by atoms with E-state index in [1.165, 1.54) is 0 Å². The fraction of sp³-hybridized carbons (Fsp3) is 0.375. The zero-order chi connectivity index (χ0) is 16.4. The highest BCUT2D eigenvalue weighted by Crippen LogP contribution is 2.52. The Kier molecular flexibility index (Phi) is 3.24. The number of amides is 1. The standard InChI is InChI=1S/C16H13Cl2NO4/c17-9-3-1-2-8(13(9)18)6-19-7-16-5-4-10(23-16)11(15(21)22)12(16)14(19)20/h1-5,10-12H,6-7H2,(H,21,22)/t10-,11-,12+,16+/m0/s1. The van der Waals surface area contributed by atoms with Crippen LogP contribution in [0.5, 0.6) is 0 Å². The van der Waals surface area contributed by atoms with Crippen molar-refractivity contribution in [1.29, 1.82) is 0 Å². The lowest BCUT2D eigenvalue weighted by Crippen LogP contribution is -2.39. The van der Waals surface area contributed by atoms with E-state index in [1.54, 1.807) is 29.2 Å². The first-order valence-corrected chi connectivity index (χ1v) is 8.00. The molecule has 2 bridgehead atoms.